The molecule has 1 atom stereocenters. The second-order valence-electron chi connectivity index (χ2n) is 5.65. The van der Waals surface area contributed by atoms with Crippen molar-refractivity contribution in [1.82, 2.24) is 0 Å². The van der Waals surface area contributed by atoms with E-state index < -0.39 is 13.4 Å². The Balaban J connectivity index is 1.72. The highest BCUT2D eigenvalue weighted by Crippen LogP contribution is 2.48. The Hall–Kier alpha value is -1.49. The van der Waals surface area contributed by atoms with E-state index in [2.05, 4.69) is 0 Å². The molecule has 5 nitrogen and oxygen atoms in total. The molecule has 0 spiro atoms. The van der Waals surface area contributed by atoms with Gasteiger partial charge in [0.25, 0.3) is 0 Å². The van der Waals surface area contributed by atoms with Crippen molar-refractivity contribution in [1.29, 1.82) is 0 Å². The maximum Gasteiger partial charge on any atom is 0.361 e. The molecule has 1 fully saturated rings. The van der Waals surface area contributed by atoms with E-state index in [4.69, 9.17) is 18.5 Å². The van der Waals surface area contributed by atoms with Gasteiger partial charge in [-0.2, -0.15) is 0 Å². The molecule has 0 N–H and O–H groups in total. The van der Waals surface area contributed by atoms with E-state index in [1.807, 2.05) is 48.5 Å². The third-order valence-corrected chi connectivity index (χ3v) is 6.08. The van der Waals surface area contributed by atoms with Crippen LogP contribution in [0.3, 0.4) is 0 Å². The highest BCUT2D eigenvalue weighted by Gasteiger charge is 2.39. The molecule has 1 unspecified atom stereocenters. The van der Waals surface area contributed by atoms with Crippen molar-refractivity contribution in [3.8, 4) is 0 Å². The molecule has 1 aliphatic rings. The summed E-state index contributed by atoms with van der Waals surface area (Å²) in [5, 5.41) is 0.555. The minimum absolute atomic E-state index is 0.196. The van der Waals surface area contributed by atoms with Gasteiger partial charge >= 0.3 is 7.60 Å². The second-order valence-corrected chi connectivity index (χ2v) is 7.68. The Morgan fingerprint density at radius 3 is 2.16 bits per heavy atom. The predicted molar refractivity (Wildman–Crippen MR) is 95.9 cm³/mol. The monoisotopic (exact) mass is 362 g/mol. The van der Waals surface area contributed by atoms with Crippen molar-refractivity contribution < 1.29 is 23.1 Å². The lowest BCUT2D eigenvalue weighted by Crippen LogP contribution is -2.29. The van der Waals surface area contributed by atoms with Crippen LogP contribution < -0.4 is 5.30 Å². The Kier molecular flexibility index (Phi) is 6.05. The molecule has 6 heteroatoms. The number of rotatable bonds is 8. The van der Waals surface area contributed by atoms with Crippen LogP contribution in [0.2, 0.25) is 0 Å². The third-order valence-electron chi connectivity index (χ3n) is 4.03. The van der Waals surface area contributed by atoms with Gasteiger partial charge in [-0.1, -0.05) is 48.5 Å². The molecule has 0 bridgehead atoms. The summed E-state index contributed by atoms with van der Waals surface area (Å²) in [5.74, 6) is -0.852. The molecule has 3 rings (SSSR count). The summed E-state index contributed by atoms with van der Waals surface area (Å²) in [6, 6.07) is 18.8. The van der Waals surface area contributed by atoms with Crippen LogP contribution in [-0.2, 0) is 28.9 Å². The van der Waals surface area contributed by atoms with Crippen LogP contribution in [0.4, 0.5) is 0 Å². The van der Waals surface area contributed by atoms with Crippen LogP contribution in [0.5, 0.6) is 0 Å². The molecule has 1 saturated heterocycles. The van der Waals surface area contributed by atoms with Gasteiger partial charge in [0.15, 0.2) is 5.79 Å². The van der Waals surface area contributed by atoms with Gasteiger partial charge in [0, 0.05) is 12.0 Å². The average Bonchev–Trinajstić information content (AvgIpc) is 3.13. The van der Waals surface area contributed by atoms with Gasteiger partial charge in [0.1, 0.15) is 0 Å². The average molecular weight is 362 g/mol. The fraction of sp³-hybridized carbons (Fsp3) is 0.368. The molecule has 0 aliphatic carbocycles. The van der Waals surface area contributed by atoms with E-state index in [1.54, 1.807) is 19.1 Å². The highest BCUT2D eigenvalue weighted by atomic mass is 31.2. The molecule has 1 aliphatic heterocycles. The van der Waals surface area contributed by atoms with Crippen molar-refractivity contribution in [2.45, 2.75) is 19.1 Å². The molecule has 2 aromatic carbocycles. The van der Waals surface area contributed by atoms with E-state index in [-0.39, 0.29) is 6.61 Å². The summed E-state index contributed by atoms with van der Waals surface area (Å²) in [6.07, 6.45) is 0.431. The molecule has 0 radical (unpaired) electrons. The van der Waals surface area contributed by atoms with Gasteiger partial charge in [-0.05, 0) is 19.1 Å². The lowest BCUT2D eigenvalue weighted by molar-refractivity contribution is -0.174. The van der Waals surface area contributed by atoms with Gasteiger partial charge in [0.05, 0.1) is 31.7 Å². The van der Waals surface area contributed by atoms with Gasteiger partial charge < -0.3 is 18.5 Å². The Morgan fingerprint density at radius 1 is 0.960 bits per heavy atom. The molecule has 0 saturated carbocycles. The summed E-state index contributed by atoms with van der Waals surface area (Å²) >= 11 is 0. The van der Waals surface area contributed by atoms with Crippen molar-refractivity contribution in [2.24, 2.45) is 0 Å². The fourth-order valence-corrected chi connectivity index (χ4v) is 4.45. The number of ether oxygens (including phenoxy) is 2. The van der Waals surface area contributed by atoms with Gasteiger partial charge in [-0.3, -0.25) is 4.57 Å². The van der Waals surface area contributed by atoms with Gasteiger partial charge in [-0.15, -0.1) is 0 Å². The quantitative estimate of drug-likeness (QED) is 0.668. The van der Waals surface area contributed by atoms with Crippen LogP contribution in [0.1, 0.15) is 18.9 Å². The highest BCUT2D eigenvalue weighted by molar-refractivity contribution is 7.62. The maximum absolute atomic E-state index is 13.1. The Labute approximate surface area is 148 Å². The first-order chi connectivity index (χ1) is 12.2. The Bertz CT molecular complexity index is 698. The molecular weight excluding hydrogens is 339 g/mol. The molecule has 2 aromatic rings. The van der Waals surface area contributed by atoms with E-state index >= 15 is 0 Å². The first-order valence-electron chi connectivity index (χ1n) is 8.47. The van der Waals surface area contributed by atoms with Crippen LogP contribution in [-0.4, -0.2) is 26.4 Å². The zero-order chi connectivity index (χ0) is 17.6. The van der Waals surface area contributed by atoms with E-state index in [0.717, 1.165) is 5.56 Å². The standard InChI is InChI=1S/C19H23O5P/c1-2-23-25(20,18-11-7-4-8-12-18)24-14-13-19(21-15-16-22-19)17-9-5-3-6-10-17/h3-12H,2,13-16H2,1H3. The summed E-state index contributed by atoms with van der Waals surface area (Å²) in [4.78, 5) is 0. The molecule has 134 valence electrons. The van der Waals surface area contributed by atoms with Crippen LogP contribution in [0.15, 0.2) is 60.7 Å². The van der Waals surface area contributed by atoms with E-state index in [1.165, 1.54) is 0 Å². The first-order valence-corrected chi connectivity index (χ1v) is 10.0. The van der Waals surface area contributed by atoms with Crippen molar-refractivity contribution in [2.75, 3.05) is 26.4 Å². The van der Waals surface area contributed by atoms with Gasteiger partial charge in [0.2, 0.25) is 0 Å². The molecule has 1 heterocycles. The van der Waals surface area contributed by atoms with Crippen molar-refractivity contribution >= 4 is 12.9 Å². The largest absolute Gasteiger partial charge is 0.361 e. The first kappa shape index (κ1) is 18.3. The number of hydrogen-bond donors (Lipinski definition) is 0. The zero-order valence-electron chi connectivity index (χ0n) is 14.3. The zero-order valence-corrected chi connectivity index (χ0v) is 15.2. The van der Waals surface area contributed by atoms with Crippen LogP contribution in [0.25, 0.3) is 0 Å². The predicted octanol–water partition coefficient (Wildman–Crippen LogP) is 3.85. The molecule has 0 aromatic heterocycles. The number of benzene rings is 2. The second kappa shape index (κ2) is 8.26. The smallest absolute Gasteiger partial charge is 0.343 e. The van der Waals surface area contributed by atoms with E-state index in [0.29, 0.717) is 31.5 Å². The molecule has 25 heavy (non-hydrogen) atoms. The van der Waals surface area contributed by atoms with Crippen LogP contribution in [0, 0.1) is 0 Å². The Morgan fingerprint density at radius 2 is 1.56 bits per heavy atom. The van der Waals surface area contributed by atoms with Gasteiger partial charge in [-0.25, -0.2) is 0 Å². The SMILES string of the molecule is CCOP(=O)(OCCC1(c2ccccc2)OCCO1)c1ccccc1. The minimum Gasteiger partial charge on any atom is -0.343 e. The lowest BCUT2D eigenvalue weighted by atomic mass is 10.0. The summed E-state index contributed by atoms with van der Waals surface area (Å²) in [6.45, 7) is 3.35. The molecular formula is C19H23O5P. The maximum atomic E-state index is 13.1. The third kappa shape index (κ3) is 4.20. The number of hydrogen-bond acceptors (Lipinski definition) is 5. The van der Waals surface area contributed by atoms with Crippen molar-refractivity contribution in [3.63, 3.8) is 0 Å². The summed E-state index contributed by atoms with van der Waals surface area (Å²) in [7, 11) is -3.36. The lowest BCUT2D eigenvalue weighted by Gasteiger charge is -2.28. The van der Waals surface area contributed by atoms with Crippen molar-refractivity contribution in [3.05, 3.63) is 66.2 Å². The van der Waals surface area contributed by atoms with E-state index in [9.17, 15) is 4.57 Å². The summed E-state index contributed by atoms with van der Waals surface area (Å²) < 4.78 is 36.1. The normalized spacial score (nSPS) is 18.8. The minimum atomic E-state index is -3.36. The fourth-order valence-electron chi connectivity index (χ4n) is 2.87. The topological polar surface area (TPSA) is 54.0 Å². The van der Waals surface area contributed by atoms with Crippen LogP contribution >= 0.6 is 7.60 Å². The summed E-state index contributed by atoms with van der Waals surface area (Å²) in [5.41, 5.74) is 0.932. The molecule has 0 amide bonds.